The quantitative estimate of drug-likeness (QED) is 0.851. The van der Waals surface area contributed by atoms with Gasteiger partial charge in [-0.2, -0.15) is 13.2 Å². The minimum atomic E-state index is -4.83. The van der Waals surface area contributed by atoms with Gasteiger partial charge in [0.25, 0.3) is 0 Å². The molecule has 0 aliphatic carbocycles. The van der Waals surface area contributed by atoms with Crippen LogP contribution in [0.5, 0.6) is 0 Å². The van der Waals surface area contributed by atoms with Crippen LogP contribution in [0.15, 0.2) is 42.5 Å². The second-order valence-corrected chi connectivity index (χ2v) is 4.52. The lowest BCUT2D eigenvalue weighted by molar-refractivity contribution is -0.147. The van der Waals surface area contributed by atoms with Crippen molar-refractivity contribution in [3.05, 3.63) is 59.4 Å². The highest BCUT2D eigenvalue weighted by Gasteiger charge is 2.35. The number of aliphatic hydroxyl groups is 1. The van der Waals surface area contributed by atoms with Crippen LogP contribution in [0.1, 0.15) is 17.2 Å². The number of hydrogen-bond acceptors (Lipinski definition) is 2. The predicted octanol–water partition coefficient (Wildman–Crippen LogP) is 3.63. The molecular formula is C15H10F4O3. The van der Waals surface area contributed by atoms with Crippen LogP contribution >= 0.6 is 0 Å². The van der Waals surface area contributed by atoms with E-state index in [9.17, 15) is 27.5 Å². The smallest absolute Gasteiger partial charge is 0.417 e. The molecule has 0 heterocycles. The summed E-state index contributed by atoms with van der Waals surface area (Å²) in [6, 6.07) is 7.43. The molecule has 116 valence electrons. The molecule has 2 rings (SSSR count). The lowest BCUT2D eigenvalue weighted by atomic mass is 9.95. The van der Waals surface area contributed by atoms with E-state index in [1.165, 1.54) is 18.2 Å². The van der Waals surface area contributed by atoms with Gasteiger partial charge in [0.15, 0.2) is 6.10 Å². The number of halogens is 4. The normalized spacial score (nSPS) is 13.0. The SMILES string of the molecule is O=C(O)C(O)c1ccc(-c2ccccc2F)c(C(F)(F)F)c1. The molecule has 7 heteroatoms. The van der Waals surface area contributed by atoms with E-state index in [4.69, 9.17) is 5.11 Å². The number of benzene rings is 2. The Labute approximate surface area is 122 Å². The van der Waals surface area contributed by atoms with Crippen molar-refractivity contribution in [3.63, 3.8) is 0 Å². The van der Waals surface area contributed by atoms with Crippen molar-refractivity contribution in [2.45, 2.75) is 12.3 Å². The molecule has 0 saturated heterocycles. The summed E-state index contributed by atoms with van der Waals surface area (Å²) in [4.78, 5) is 10.7. The maximum absolute atomic E-state index is 13.7. The summed E-state index contributed by atoms with van der Waals surface area (Å²) in [5.41, 5.74) is -2.33. The van der Waals surface area contributed by atoms with Crippen LogP contribution in [0.4, 0.5) is 17.6 Å². The maximum Gasteiger partial charge on any atom is 0.417 e. The van der Waals surface area contributed by atoms with Gasteiger partial charge in [-0.3, -0.25) is 0 Å². The van der Waals surface area contributed by atoms with E-state index in [1.54, 1.807) is 0 Å². The number of alkyl halides is 3. The summed E-state index contributed by atoms with van der Waals surface area (Å²) in [6.07, 6.45) is -6.91. The highest BCUT2D eigenvalue weighted by atomic mass is 19.4. The Morgan fingerprint density at radius 3 is 2.23 bits per heavy atom. The monoisotopic (exact) mass is 314 g/mol. The fraction of sp³-hybridized carbons (Fsp3) is 0.133. The number of aliphatic hydroxyl groups excluding tert-OH is 1. The highest BCUT2D eigenvalue weighted by Crippen LogP contribution is 2.39. The maximum atomic E-state index is 13.7. The third-order valence-corrected chi connectivity index (χ3v) is 3.06. The van der Waals surface area contributed by atoms with Crippen molar-refractivity contribution in [2.75, 3.05) is 0 Å². The Bertz CT molecular complexity index is 710. The zero-order valence-corrected chi connectivity index (χ0v) is 10.9. The first kappa shape index (κ1) is 16.0. The molecule has 1 unspecified atom stereocenters. The summed E-state index contributed by atoms with van der Waals surface area (Å²) < 4.78 is 53.2. The Morgan fingerprint density at radius 2 is 1.68 bits per heavy atom. The molecule has 0 saturated carbocycles. The van der Waals surface area contributed by atoms with Crippen LogP contribution in [0.3, 0.4) is 0 Å². The van der Waals surface area contributed by atoms with Crippen molar-refractivity contribution in [2.24, 2.45) is 0 Å². The molecular weight excluding hydrogens is 304 g/mol. The van der Waals surface area contributed by atoms with Crippen LogP contribution < -0.4 is 0 Å². The fourth-order valence-electron chi connectivity index (χ4n) is 2.02. The molecule has 0 aromatic heterocycles. The van der Waals surface area contributed by atoms with Crippen molar-refractivity contribution in [3.8, 4) is 11.1 Å². The van der Waals surface area contributed by atoms with E-state index in [0.29, 0.717) is 6.07 Å². The van der Waals surface area contributed by atoms with Crippen LogP contribution in [0.25, 0.3) is 11.1 Å². The molecule has 2 aromatic carbocycles. The molecule has 0 spiro atoms. The van der Waals surface area contributed by atoms with Crippen LogP contribution in [-0.2, 0) is 11.0 Å². The molecule has 22 heavy (non-hydrogen) atoms. The molecule has 0 radical (unpaired) electrons. The molecule has 1 atom stereocenters. The minimum absolute atomic E-state index is 0.258. The summed E-state index contributed by atoms with van der Waals surface area (Å²) in [5.74, 6) is -2.51. The van der Waals surface area contributed by atoms with Gasteiger partial charge < -0.3 is 10.2 Å². The highest BCUT2D eigenvalue weighted by molar-refractivity contribution is 5.76. The van der Waals surface area contributed by atoms with E-state index in [2.05, 4.69) is 0 Å². The minimum Gasteiger partial charge on any atom is -0.479 e. The first-order chi connectivity index (χ1) is 10.2. The predicted molar refractivity (Wildman–Crippen MR) is 69.4 cm³/mol. The van der Waals surface area contributed by atoms with Gasteiger partial charge in [0.05, 0.1) is 5.56 Å². The molecule has 2 aromatic rings. The second-order valence-electron chi connectivity index (χ2n) is 4.52. The summed E-state index contributed by atoms with van der Waals surface area (Å²) in [5, 5.41) is 18.0. The largest absolute Gasteiger partial charge is 0.479 e. The number of rotatable bonds is 3. The van der Waals surface area contributed by atoms with E-state index >= 15 is 0 Å². The number of hydrogen-bond donors (Lipinski definition) is 2. The van der Waals surface area contributed by atoms with Gasteiger partial charge in [-0.05, 0) is 23.3 Å². The van der Waals surface area contributed by atoms with Crippen LogP contribution in [-0.4, -0.2) is 16.2 Å². The molecule has 0 amide bonds. The number of carboxylic acids is 1. The standard InChI is InChI=1S/C15H10F4O3/c16-12-4-2-1-3-10(12)9-6-5-8(13(20)14(21)22)7-11(9)15(17,18)19/h1-7,13,20H,(H,21,22). The molecule has 2 N–H and O–H groups in total. The van der Waals surface area contributed by atoms with E-state index in [-0.39, 0.29) is 5.56 Å². The second kappa shape index (κ2) is 5.76. The number of carboxylic acid groups (broad SMARTS) is 1. The van der Waals surface area contributed by atoms with Crippen LogP contribution in [0, 0.1) is 5.82 Å². The Kier molecular flexibility index (Phi) is 4.18. The topological polar surface area (TPSA) is 57.5 Å². The lowest BCUT2D eigenvalue weighted by Crippen LogP contribution is -2.14. The Balaban J connectivity index is 2.66. The lowest BCUT2D eigenvalue weighted by Gasteiger charge is -2.16. The number of aliphatic carboxylic acids is 1. The number of carbonyl (C=O) groups is 1. The van der Waals surface area contributed by atoms with E-state index in [1.807, 2.05) is 0 Å². The summed E-state index contributed by atoms with van der Waals surface area (Å²) in [7, 11) is 0. The van der Waals surface area contributed by atoms with Gasteiger partial charge in [0.1, 0.15) is 5.82 Å². The third-order valence-electron chi connectivity index (χ3n) is 3.06. The third kappa shape index (κ3) is 3.09. The van der Waals surface area contributed by atoms with Crippen molar-refractivity contribution >= 4 is 5.97 Å². The van der Waals surface area contributed by atoms with Crippen LogP contribution in [0.2, 0.25) is 0 Å². The van der Waals surface area contributed by atoms with Gasteiger partial charge in [-0.1, -0.05) is 30.3 Å². The van der Waals surface area contributed by atoms with Gasteiger partial charge in [0, 0.05) is 5.56 Å². The average Bonchev–Trinajstić information content (AvgIpc) is 2.45. The van der Waals surface area contributed by atoms with Crippen molar-refractivity contribution in [1.29, 1.82) is 0 Å². The molecule has 3 nitrogen and oxygen atoms in total. The van der Waals surface area contributed by atoms with E-state index in [0.717, 1.165) is 18.2 Å². The molecule has 0 fully saturated rings. The van der Waals surface area contributed by atoms with Crippen molar-refractivity contribution < 1.29 is 32.6 Å². The van der Waals surface area contributed by atoms with Gasteiger partial charge in [-0.25, -0.2) is 9.18 Å². The van der Waals surface area contributed by atoms with Gasteiger partial charge >= 0.3 is 12.1 Å². The summed E-state index contributed by atoms with van der Waals surface area (Å²) in [6.45, 7) is 0. The molecule has 0 aliphatic rings. The fourth-order valence-corrected chi connectivity index (χ4v) is 2.02. The van der Waals surface area contributed by atoms with Crippen molar-refractivity contribution in [1.82, 2.24) is 0 Å². The first-order valence-electron chi connectivity index (χ1n) is 6.08. The van der Waals surface area contributed by atoms with Gasteiger partial charge in [-0.15, -0.1) is 0 Å². The Morgan fingerprint density at radius 1 is 1.05 bits per heavy atom. The van der Waals surface area contributed by atoms with E-state index < -0.39 is 40.8 Å². The zero-order valence-electron chi connectivity index (χ0n) is 10.9. The first-order valence-corrected chi connectivity index (χ1v) is 6.08. The zero-order chi connectivity index (χ0) is 16.5. The van der Waals surface area contributed by atoms with Gasteiger partial charge in [0.2, 0.25) is 0 Å². The molecule has 0 aliphatic heterocycles. The average molecular weight is 314 g/mol. The molecule has 0 bridgehead atoms. The summed E-state index contributed by atoms with van der Waals surface area (Å²) >= 11 is 0. The Hall–Kier alpha value is -2.41.